The van der Waals surface area contributed by atoms with Crippen LogP contribution >= 0.6 is 0 Å². The summed E-state index contributed by atoms with van der Waals surface area (Å²) in [6.07, 6.45) is 5.83. The van der Waals surface area contributed by atoms with E-state index in [1.54, 1.807) is 0 Å². The number of hydrogen-bond donors (Lipinski definition) is 1. The molecule has 0 aliphatic heterocycles. The van der Waals surface area contributed by atoms with Crippen molar-refractivity contribution in [3.63, 3.8) is 0 Å². The number of benzene rings is 3. The van der Waals surface area contributed by atoms with E-state index in [0.717, 1.165) is 60.3 Å². The Morgan fingerprint density at radius 3 is 2.66 bits per heavy atom. The molecule has 0 bridgehead atoms. The van der Waals surface area contributed by atoms with Crippen LogP contribution in [0.4, 0.5) is 0 Å². The van der Waals surface area contributed by atoms with Gasteiger partial charge in [-0.3, -0.25) is 9.51 Å². The van der Waals surface area contributed by atoms with Crippen molar-refractivity contribution in [3.05, 3.63) is 117 Å². The molecule has 1 N–H and O–H groups in total. The third-order valence-electron chi connectivity index (χ3n) is 6.72. The van der Waals surface area contributed by atoms with E-state index < -0.39 is 5.76 Å². The fourth-order valence-electron chi connectivity index (χ4n) is 5.12. The number of aromatic amines is 1. The van der Waals surface area contributed by atoms with Crippen LogP contribution in [0.2, 0.25) is 0 Å². The molecule has 0 saturated carbocycles. The van der Waals surface area contributed by atoms with Crippen LogP contribution in [0.15, 0.2) is 76.0 Å². The first-order valence-electron chi connectivity index (χ1n) is 12.1. The molecule has 0 spiro atoms. The van der Waals surface area contributed by atoms with Crippen LogP contribution < -0.4 is 5.76 Å². The van der Waals surface area contributed by atoms with Crippen molar-refractivity contribution in [2.75, 3.05) is 0 Å². The van der Waals surface area contributed by atoms with Crippen molar-refractivity contribution in [2.24, 2.45) is 0 Å². The Bertz CT molecular complexity index is 1620. The quantitative estimate of drug-likeness (QED) is 0.379. The van der Waals surface area contributed by atoms with Crippen LogP contribution in [-0.2, 0) is 25.8 Å². The Balaban J connectivity index is 1.44. The van der Waals surface area contributed by atoms with Crippen LogP contribution in [0.3, 0.4) is 0 Å². The van der Waals surface area contributed by atoms with Gasteiger partial charge in [0, 0.05) is 13.0 Å². The number of rotatable bonds is 5. The summed E-state index contributed by atoms with van der Waals surface area (Å²) in [4.78, 5) is 19.1. The summed E-state index contributed by atoms with van der Waals surface area (Å²) in [5, 5.41) is 3.88. The first-order valence-corrected chi connectivity index (χ1v) is 12.1. The van der Waals surface area contributed by atoms with Gasteiger partial charge in [-0.2, -0.15) is 0 Å². The maximum atomic E-state index is 11.5. The summed E-state index contributed by atoms with van der Waals surface area (Å²) in [6.45, 7) is 2.98. The molecule has 174 valence electrons. The highest BCUT2D eigenvalue weighted by molar-refractivity contribution is 5.93. The second kappa shape index (κ2) is 8.87. The molecule has 6 rings (SSSR count). The van der Waals surface area contributed by atoms with Gasteiger partial charge in [-0.25, -0.2) is 9.78 Å². The number of aryl methyl sites for hydroxylation is 3. The first-order chi connectivity index (χ1) is 17.2. The number of nitrogens with zero attached hydrogens (tertiary/aromatic N) is 3. The number of imidazole rings is 1. The van der Waals surface area contributed by atoms with Crippen molar-refractivity contribution in [3.8, 4) is 0 Å². The topological polar surface area (TPSA) is 76.7 Å². The largest absolute Gasteiger partial charge is 0.439 e. The van der Waals surface area contributed by atoms with E-state index >= 15 is 0 Å². The van der Waals surface area contributed by atoms with Crippen LogP contribution in [0.1, 0.15) is 52.8 Å². The molecule has 2 heterocycles. The average molecular weight is 463 g/mol. The number of H-pyrrole nitrogens is 1. The summed E-state index contributed by atoms with van der Waals surface area (Å²) in [6, 6.07) is 23.5. The normalized spacial score (nSPS) is 14.1. The molecule has 3 aromatic carbocycles. The SMILES string of the molecule is CCCc1nc2ccccc2n1Cc1ccc2c(c1)CCc1ccccc1C2=Cc1noc(=O)[nH]1. The van der Waals surface area contributed by atoms with Crippen molar-refractivity contribution in [2.45, 2.75) is 39.2 Å². The summed E-state index contributed by atoms with van der Waals surface area (Å²) < 4.78 is 7.09. The van der Waals surface area contributed by atoms with Gasteiger partial charge in [0.2, 0.25) is 0 Å². The Hall–Kier alpha value is -4.19. The molecule has 0 amide bonds. The smallest absolute Gasteiger partial charge is 0.323 e. The molecule has 2 aromatic heterocycles. The van der Waals surface area contributed by atoms with Crippen molar-refractivity contribution >= 4 is 22.7 Å². The third-order valence-corrected chi connectivity index (χ3v) is 6.72. The molecule has 0 radical (unpaired) electrons. The molecular formula is C29H26N4O2. The third kappa shape index (κ3) is 4.01. The molecule has 5 aromatic rings. The van der Waals surface area contributed by atoms with E-state index in [1.165, 1.54) is 22.2 Å². The lowest BCUT2D eigenvalue weighted by Gasteiger charge is -2.14. The zero-order valence-corrected chi connectivity index (χ0v) is 19.6. The minimum atomic E-state index is -0.551. The summed E-state index contributed by atoms with van der Waals surface area (Å²) in [5.74, 6) is 1.00. The summed E-state index contributed by atoms with van der Waals surface area (Å²) in [7, 11) is 0. The van der Waals surface area contributed by atoms with Gasteiger partial charge in [0.15, 0.2) is 5.82 Å². The van der Waals surface area contributed by atoms with Gasteiger partial charge in [-0.15, -0.1) is 0 Å². The second-order valence-corrected chi connectivity index (χ2v) is 9.04. The van der Waals surface area contributed by atoms with Crippen molar-refractivity contribution in [1.82, 2.24) is 19.7 Å². The maximum Gasteiger partial charge on any atom is 0.439 e. The molecule has 0 atom stereocenters. The standard InChI is InChI=1S/C29H26N4O2/c1-2-7-28-30-25-10-5-6-11-26(25)33(28)18-19-12-15-23-21(16-19)14-13-20-8-3-4-9-22(20)24(23)17-27-31-29(34)35-32-27/h3-6,8-12,15-17H,2,7,13-14,18H2,1H3,(H,31,32,34). The lowest BCUT2D eigenvalue weighted by Crippen LogP contribution is -2.06. The molecule has 6 nitrogen and oxygen atoms in total. The van der Waals surface area contributed by atoms with Gasteiger partial charge >= 0.3 is 5.76 Å². The highest BCUT2D eigenvalue weighted by Gasteiger charge is 2.20. The first kappa shape index (κ1) is 21.4. The van der Waals surface area contributed by atoms with E-state index in [2.05, 4.69) is 82.3 Å². The molecule has 0 saturated heterocycles. The lowest BCUT2D eigenvalue weighted by molar-refractivity contribution is 0.385. The monoisotopic (exact) mass is 462 g/mol. The summed E-state index contributed by atoms with van der Waals surface area (Å²) in [5.41, 5.74) is 9.42. The van der Waals surface area contributed by atoms with Crippen molar-refractivity contribution < 1.29 is 4.52 Å². The lowest BCUT2D eigenvalue weighted by atomic mass is 9.92. The van der Waals surface area contributed by atoms with Gasteiger partial charge in [-0.05, 0) is 70.9 Å². The molecule has 0 fully saturated rings. The van der Waals surface area contributed by atoms with Crippen LogP contribution in [-0.4, -0.2) is 19.7 Å². The molecule has 35 heavy (non-hydrogen) atoms. The van der Waals surface area contributed by atoms with Gasteiger partial charge in [0.05, 0.1) is 11.0 Å². The Morgan fingerprint density at radius 1 is 1.00 bits per heavy atom. The fourth-order valence-corrected chi connectivity index (χ4v) is 5.12. The zero-order chi connectivity index (χ0) is 23.8. The van der Waals surface area contributed by atoms with E-state index in [0.29, 0.717) is 5.82 Å². The van der Waals surface area contributed by atoms with Crippen LogP contribution in [0.25, 0.3) is 22.7 Å². The molecule has 6 heteroatoms. The molecule has 1 aliphatic carbocycles. The predicted octanol–water partition coefficient (Wildman–Crippen LogP) is 5.40. The van der Waals surface area contributed by atoms with E-state index in [1.807, 2.05) is 12.1 Å². The van der Waals surface area contributed by atoms with Crippen molar-refractivity contribution in [1.29, 1.82) is 0 Å². The fraction of sp³-hybridized carbons (Fsp3) is 0.207. The van der Waals surface area contributed by atoms with Gasteiger partial charge in [0.25, 0.3) is 0 Å². The Kier molecular flexibility index (Phi) is 5.41. The Morgan fingerprint density at radius 2 is 1.80 bits per heavy atom. The number of hydrogen-bond acceptors (Lipinski definition) is 4. The molecule has 0 unspecified atom stereocenters. The predicted molar refractivity (Wildman–Crippen MR) is 137 cm³/mol. The number of para-hydroxylation sites is 2. The van der Waals surface area contributed by atoms with Crippen LogP contribution in [0, 0.1) is 0 Å². The highest BCUT2D eigenvalue weighted by Crippen LogP contribution is 2.35. The van der Waals surface area contributed by atoms with E-state index in [4.69, 9.17) is 9.51 Å². The minimum absolute atomic E-state index is 0.422. The van der Waals surface area contributed by atoms with Gasteiger partial charge in [-0.1, -0.05) is 66.7 Å². The van der Waals surface area contributed by atoms with E-state index in [9.17, 15) is 4.79 Å². The number of fused-ring (bicyclic) bond motifs is 3. The minimum Gasteiger partial charge on any atom is -0.323 e. The molecule has 1 aliphatic rings. The van der Waals surface area contributed by atoms with Gasteiger partial charge < -0.3 is 4.57 Å². The van der Waals surface area contributed by atoms with Crippen LogP contribution in [0.5, 0.6) is 0 Å². The molecular weight excluding hydrogens is 436 g/mol. The number of nitrogens with one attached hydrogen (secondary N) is 1. The highest BCUT2D eigenvalue weighted by atomic mass is 16.5. The summed E-state index contributed by atoms with van der Waals surface area (Å²) >= 11 is 0. The second-order valence-electron chi connectivity index (χ2n) is 9.04. The number of aromatic nitrogens is 4. The maximum absolute atomic E-state index is 11.5. The van der Waals surface area contributed by atoms with E-state index in [-0.39, 0.29) is 0 Å². The van der Waals surface area contributed by atoms with Gasteiger partial charge in [0.1, 0.15) is 5.82 Å². The average Bonchev–Trinajstić information content (AvgIpc) is 3.40. The zero-order valence-electron chi connectivity index (χ0n) is 19.6. The Labute approximate surface area is 202 Å².